The first-order valence-corrected chi connectivity index (χ1v) is 6.52. The summed E-state index contributed by atoms with van der Waals surface area (Å²) in [5.74, 6) is 3.74. The fourth-order valence-electron chi connectivity index (χ4n) is 2.10. The van der Waals surface area contributed by atoms with Gasteiger partial charge in [0.05, 0.1) is 6.26 Å². The van der Waals surface area contributed by atoms with Gasteiger partial charge in [0.1, 0.15) is 23.2 Å². The van der Waals surface area contributed by atoms with Crippen molar-refractivity contribution in [2.75, 3.05) is 17.7 Å². The molecule has 2 heterocycles. The molecular weight excluding hydrogens is 240 g/mol. The van der Waals surface area contributed by atoms with Gasteiger partial charge in [-0.3, -0.25) is 0 Å². The lowest BCUT2D eigenvalue weighted by molar-refractivity contribution is 0.529. The van der Waals surface area contributed by atoms with E-state index < -0.39 is 0 Å². The van der Waals surface area contributed by atoms with Gasteiger partial charge in [-0.15, -0.1) is 0 Å². The van der Waals surface area contributed by atoms with E-state index in [1.807, 2.05) is 26.1 Å². The minimum Gasteiger partial charge on any atom is -0.469 e. The van der Waals surface area contributed by atoms with Crippen molar-refractivity contribution in [3.05, 3.63) is 35.5 Å². The van der Waals surface area contributed by atoms with Crippen molar-refractivity contribution < 1.29 is 4.42 Å². The SMILES string of the molecule is Cc1occc1CN(C)c1cc(N)nc(C2CC2)n1. The third kappa shape index (κ3) is 2.54. The zero-order valence-corrected chi connectivity index (χ0v) is 11.3. The van der Waals surface area contributed by atoms with E-state index >= 15 is 0 Å². The van der Waals surface area contributed by atoms with Crippen LogP contribution in [0, 0.1) is 6.92 Å². The Morgan fingerprint density at radius 2 is 2.21 bits per heavy atom. The topological polar surface area (TPSA) is 68.2 Å². The smallest absolute Gasteiger partial charge is 0.136 e. The molecule has 1 fully saturated rings. The molecule has 3 rings (SSSR count). The summed E-state index contributed by atoms with van der Waals surface area (Å²) in [7, 11) is 2.00. The number of hydrogen-bond donors (Lipinski definition) is 1. The number of hydrogen-bond acceptors (Lipinski definition) is 5. The van der Waals surface area contributed by atoms with Crippen molar-refractivity contribution in [1.29, 1.82) is 0 Å². The fraction of sp³-hybridized carbons (Fsp3) is 0.429. The van der Waals surface area contributed by atoms with Gasteiger partial charge in [0, 0.05) is 31.1 Å². The lowest BCUT2D eigenvalue weighted by Crippen LogP contribution is -2.19. The maximum absolute atomic E-state index is 5.87. The second-order valence-electron chi connectivity index (χ2n) is 5.14. The number of anilines is 2. The number of nitrogen functional groups attached to an aromatic ring is 1. The average Bonchev–Trinajstić information content (AvgIpc) is 3.15. The largest absolute Gasteiger partial charge is 0.469 e. The Kier molecular flexibility index (Phi) is 2.89. The Hall–Kier alpha value is -2.04. The van der Waals surface area contributed by atoms with Gasteiger partial charge in [0.25, 0.3) is 0 Å². The summed E-state index contributed by atoms with van der Waals surface area (Å²) in [6.45, 7) is 2.72. The van der Waals surface area contributed by atoms with Crippen molar-refractivity contribution in [2.24, 2.45) is 0 Å². The van der Waals surface area contributed by atoms with Crippen LogP contribution in [0.25, 0.3) is 0 Å². The molecule has 5 nitrogen and oxygen atoms in total. The molecular formula is C14H18N4O. The van der Waals surface area contributed by atoms with E-state index in [0.717, 1.165) is 29.5 Å². The summed E-state index contributed by atoms with van der Waals surface area (Å²) in [5.41, 5.74) is 7.03. The molecule has 0 amide bonds. The predicted octanol–water partition coefficient (Wildman–Crippen LogP) is 2.47. The van der Waals surface area contributed by atoms with E-state index in [1.165, 1.54) is 12.8 Å². The summed E-state index contributed by atoms with van der Waals surface area (Å²) >= 11 is 0. The van der Waals surface area contributed by atoms with Crippen molar-refractivity contribution >= 4 is 11.6 Å². The molecule has 19 heavy (non-hydrogen) atoms. The molecule has 2 aromatic heterocycles. The van der Waals surface area contributed by atoms with Crippen LogP contribution in [0.15, 0.2) is 22.8 Å². The zero-order valence-electron chi connectivity index (χ0n) is 11.3. The van der Waals surface area contributed by atoms with Gasteiger partial charge >= 0.3 is 0 Å². The van der Waals surface area contributed by atoms with E-state index in [-0.39, 0.29) is 0 Å². The maximum Gasteiger partial charge on any atom is 0.136 e. The maximum atomic E-state index is 5.87. The molecule has 0 aliphatic heterocycles. The van der Waals surface area contributed by atoms with Gasteiger partial charge in [-0.05, 0) is 25.8 Å². The van der Waals surface area contributed by atoms with Crippen LogP contribution in [0.2, 0.25) is 0 Å². The van der Waals surface area contributed by atoms with Crippen LogP contribution in [-0.2, 0) is 6.54 Å². The number of aryl methyl sites for hydroxylation is 1. The normalized spacial score (nSPS) is 14.6. The molecule has 0 aromatic carbocycles. The number of nitrogens with two attached hydrogens (primary N) is 1. The highest BCUT2D eigenvalue weighted by molar-refractivity contribution is 5.47. The Morgan fingerprint density at radius 3 is 2.84 bits per heavy atom. The molecule has 1 saturated carbocycles. The molecule has 0 radical (unpaired) electrons. The lowest BCUT2D eigenvalue weighted by atomic mass is 10.2. The van der Waals surface area contributed by atoms with Crippen molar-refractivity contribution in [3.63, 3.8) is 0 Å². The van der Waals surface area contributed by atoms with Crippen LogP contribution in [0.3, 0.4) is 0 Å². The van der Waals surface area contributed by atoms with Gasteiger partial charge in [-0.1, -0.05) is 0 Å². The van der Waals surface area contributed by atoms with Gasteiger partial charge in [-0.2, -0.15) is 0 Å². The summed E-state index contributed by atoms with van der Waals surface area (Å²) in [4.78, 5) is 11.0. The molecule has 2 aromatic rings. The second kappa shape index (κ2) is 4.57. The summed E-state index contributed by atoms with van der Waals surface area (Å²) in [6.07, 6.45) is 4.06. The highest BCUT2D eigenvalue weighted by Crippen LogP contribution is 2.38. The first kappa shape index (κ1) is 12.0. The Labute approximate surface area is 112 Å². The standard InChI is InChI=1S/C14H18N4O/c1-9-11(5-6-19-9)8-18(2)13-7-12(15)16-14(17-13)10-3-4-10/h5-7,10H,3-4,8H2,1-2H3,(H2,15,16,17). The average molecular weight is 258 g/mol. The van der Waals surface area contributed by atoms with Crippen LogP contribution in [0.4, 0.5) is 11.6 Å². The number of furan rings is 1. The van der Waals surface area contributed by atoms with Crippen molar-refractivity contribution in [2.45, 2.75) is 32.2 Å². The minimum absolute atomic E-state index is 0.506. The third-order valence-electron chi connectivity index (χ3n) is 3.46. The van der Waals surface area contributed by atoms with Crippen LogP contribution in [0.1, 0.15) is 35.9 Å². The molecule has 100 valence electrons. The van der Waals surface area contributed by atoms with Crippen LogP contribution in [0.5, 0.6) is 0 Å². The molecule has 2 N–H and O–H groups in total. The first-order chi connectivity index (χ1) is 9.13. The van der Waals surface area contributed by atoms with Gasteiger partial charge in [0.2, 0.25) is 0 Å². The summed E-state index contributed by atoms with van der Waals surface area (Å²) in [5, 5.41) is 0. The van der Waals surface area contributed by atoms with E-state index in [2.05, 4.69) is 14.9 Å². The van der Waals surface area contributed by atoms with Crippen LogP contribution in [-0.4, -0.2) is 17.0 Å². The van der Waals surface area contributed by atoms with E-state index in [4.69, 9.17) is 10.2 Å². The number of rotatable bonds is 4. The zero-order chi connectivity index (χ0) is 13.4. The van der Waals surface area contributed by atoms with Crippen LogP contribution >= 0.6 is 0 Å². The van der Waals surface area contributed by atoms with Crippen LogP contribution < -0.4 is 10.6 Å². The van der Waals surface area contributed by atoms with E-state index in [9.17, 15) is 0 Å². The Balaban J connectivity index is 1.82. The van der Waals surface area contributed by atoms with Crippen molar-refractivity contribution in [1.82, 2.24) is 9.97 Å². The summed E-state index contributed by atoms with van der Waals surface area (Å²) < 4.78 is 5.31. The highest BCUT2D eigenvalue weighted by atomic mass is 16.3. The van der Waals surface area contributed by atoms with E-state index in [0.29, 0.717) is 11.7 Å². The van der Waals surface area contributed by atoms with Gasteiger partial charge < -0.3 is 15.1 Å². The minimum atomic E-state index is 0.506. The van der Waals surface area contributed by atoms with Gasteiger partial charge in [-0.25, -0.2) is 9.97 Å². The first-order valence-electron chi connectivity index (χ1n) is 6.52. The molecule has 1 aliphatic rings. The molecule has 0 unspecified atom stereocenters. The number of aromatic nitrogens is 2. The van der Waals surface area contributed by atoms with Gasteiger partial charge in [0.15, 0.2) is 0 Å². The van der Waals surface area contributed by atoms with E-state index in [1.54, 1.807) is 6.26 Å². The summed E-state index contributed by atoms with van der Waals surface area (Å²) in [6, 6.07) is 3.81. The Morgan fingerprint density at radius 1 is 1.42 bits per heavy atom. The molecule has 0 saturated heterocycles. The van der Waals surface area contributed by atoms with Crippen molar-refractivity contribution in [3.8, 4) is 0 Å². The predicted molar refractivity (Wildman–Crippen MR) is 74.0 cm³/mol. The Bertz CT molecular complexity index is 589. The lowest BCUT2D eigenvalue weighted by Gasteiger charge is -2.18. The molecule has 1 aliphatic carbocycles. The molecule has 5 heteroatoms. The molecule has 0 bridgehead atoms. The second-order valence-corrected chi connectivity index (χ2v) is 5.14. The molecule has 0 spiro atoms. The third-order valence-corrected chi connectivity index (χ3v) is 3.46. The number of nitrogens with zero attached hydrogens (tertiary/aromatic N) is 3. The quantitative estimate of drug-likeness (QED) is 0.912. The molecule has 0 atom stereocenters. The highest BCUT2D eigenvalue weighted by Gasteiger charge is 2.27. The fourth-order valence-corrected chi connectivity index (χ4v) is 2.10. The monoisotopic (exact) mass is 258 g/mol.